The molecule has 3 rings (SSSR count). The van der Waals surface area contributed by atoms with Crippen LogP contribution in [0.1, 0.15) is 87.8 Å². The highest BCUT2D eigenvalue weighted by atomic mass is 32.2. The Morgan fingerprint density at radius 3 is 2.23 bits per heavy atom. The molecule has 0 atom stereocenters. The lowest BCUT2D eigenvalue weighted by Crippen LogP contribution is -2.32. The number of aromatic carboxylic acids is 1. The van der Waals surface area contributed by atoms with E-state index in [1.807, 2.05) is 35.1 Å². The van der Waals surface area contributed by atoms with E-state index in [1.54, 1.807) is 0 Å². The Hall–Kier alpha value is -4.05. The van der Waals surface area contributed by atoms with E-state index in [2.05, 4.69) is 17.2 Å². The Bertz CT molecular complexity index is 1410. The summed E-state index contributed by atoms with van der Waals surface area (Å²) >= 11 is 0. The van der Waals surface area contributed by atoms with Crippen LogP contribution in [-0.2, 0) is 22.9 Å². The van der Waals surface area contributed by atoms with Gasteiger partial charge in [0.1, 0.15) is 0 Å². The molecule has 0 saturated heterocycles. The number of rotatable bonds is 15. The van der Waals surface area contributed by atoms with Gasteiger partial charge >= 0.3 is 0 Å². The van der Waals surface area contributed by atoms with Gasteiger partial charge in [0.15, 0.2) is 0 Å². The molecule has 0 bridgehead atoms. The van der Waals surface area contributed by atoms with E-state index in [0.717, 1.165) is 44.7 Å². The van der Waals surface area contributed by atoms with Crippen LogP contribution in [0.4, 0.5) is 0 Å². The molecule has 2 aromatic carbocycles. The quantitative estimate of drug-likeness (QED) is 0.269. The summed E-state index contributed by atoms with van der Waals surface area (Å²) in [5, 5.41) is 14.1. The zero-order chi connectivity index (χ0) is 29.0. The number of unbranched alkanes of at least 4 members (excludes halogenated alkanes) is 4. The van der Waals surface area contributed by atoms with Crippen LogP contribution in [0.5, 0.6) is 0 Å². The van der Waals surface area contributed by atoms with Gasteiger partial charge in [0.2, 0.25) is 0 Å². The second kappa shape index (κ2) is 14.9. The van der Waals surface area contributed by atoms with E-state index in [4.69, 9.17) is 0 Å². The molecule has 10 heteroatoms. The SMILES string of the molecule is CCCCCCCc1cc(C(=O)[O-])ncc1C(=O)NS(=O)(=O)c1ccc(C(=O)NCCCc2ccccc2)cc1. The summed E-state index contributed by atoms with van der Waals surface area (Å²) in [6.07, 6.45) is 7.77. The Morgan fingerprint density at radius 2 is 1.55 bits per heavy atom. The average molecular weight is 565 g/mol. The molecule has 3 aromatic rings. The minimum Gasteiger partial charge on any atom is -0.543 e. The third-order valence-electron chi connectivity index (χ3n) is 6.42. The molecule has 9 nitrogen and oxygen atoms in total. The molecule has 1 heterocycles. The number of pyridine rings is 1. The number of hydrogen-bond donors (Lipinski definition) is 2. The summed E-state index contributed by atoms with van der Waals surface area (Å²) in [6, 6.07) is 16.4. The molecule has 212 valence electrons. The minimum absolute atomic E-state index is 0.0180. The van der Waals surface area contributed by atoms with Crippen LogP contribution in [0.3, 0.4) is 0 Å². The van der Waals surface area contributed by atoms with Crippen molar-refractivity contribution in [1.82, 2.24) is 15.0 Å². The fourth-order valence-electron chi connectivity index (χ4n) is 4.20. The lowest BCUT2D eigenvalue weighted by Gasteiger charge is -2.13. The van der Waals surface area contributed by atoms with E-state index in [1.165, 1.54) is 35.9 Å². The molecule has 0 spiro atoms. The first-order valence-electron chi connectivity index (χ1n) is 13.4. The van der Waals surface area contributed by atoms with Crippen molar-refractivity contribution >= 4 is 27.8 Å². The highest BCUT2D eigenvalue weighted by molar-refractivity contribution is 7.90. The van der Waals surface area contributed by atoms with Gasteiger partial charge in [0, 0.05) is 18.3 Å². The van der Waals surface area contributed by atoms with E-state index in [-0.39, 0.29) is 27.6 Å². The van der Waals surface area contributed by atoms with Gasteiger partial charge in [-0.3, -0.25) is 14.6 Å². The maximum atomic E-state index is 12.9. The first-order chi connectivity index (χ1) is 19.2. The summed E-state index contributed by atoms with van der Waals surface area (Å²) in [4.78, 5) is 40.2. The molecule has 0 saturated carbocycles. The molecule has 1 aromatic heterocycles. The predicted octanol–water partition coefficient (Wildman–Crippen LogP) is 3.44. The van der Waals surface area contributed by atoms with Crippen molar-refractivity contribution in [2.24, 2.45) is 0 Å². The monoisotopic (exact) mass is 564 g/mol. The van der Waals surface area contributed by atoms with Crippen LogP contribution in [-0.4, -0.2) is 37.7 Å². The number of benzene rings is 2. The fraction of sp³-hybridized carbons (Fsp3) is 0.333. The van der Waals surface area contributed by atoms with Crippen LogP contribution in [0, 0.1) is 0 Å². The van der Waals surface area contributed by atoms with Gasteiger partial charge in [-0.2, -0.15) is 0 Å². The maximum Gasteiger partial charge on any atom is 0.266 e. The third-order valence-corrected chi connectivity index (χ3v) is 7.76. The molecular weight excluding hydrogens is 530 g/mol. The molecule has 2 amide bonds. The van der Waals surface area contributed by atoms with E-state index in [9.17, 15) is 27.9 Å². The van der Waals surface area contributed by atoms with Crippen LogP contribution >= 0.6 is 0 Å². The number of amides is 2. The number of sulfonamides is 1. The number of aromatic nitrogens is 1. The van der Waals surface area contributed by atoms with E-state index < -0.39 is 21.9 Å². The Morgan fingerprint density at radius 1 is 0.850 bits per heavy atom. The van der Waals surface area contributed by atoms with Crippen LogP contribution < -0.4 is 15.1 Å². The van der Waals surface area contributed by atoms with Crippen molar-refractivity contribution in [3.05, 3.63) is 94.8 Å². The second-order valence-electron chi connectivity index (χ2n) is 9.48. The van der Waals surface area contributed by atoms with Crippen LogP contribution in [0.15, 0.2) is 71.8 Å². The number of carbonyl (C=O) groups is 3. The summed E-state index contributed by atoms with van der Waals surface area (Å²) in [5.41, 5.74) is 1.51. The average Bonchev–Trinajstić information content (AvgIpc) is 2.95. The number of carboxylic acids is 1. The molecule has 2 N–H and O–H groups in total. The Labute approximate surface area is 235 Å². The molecule has 0 aliphatic rings. The summed E-state index contributed by atoms with van der Waals surface area (Å²) in [7, 11) is -4.27. The minimum atomic E-state index is -4.27. The topological polar surface area (TPSA) is 145 Å². The molecular formula is C30H34N3O6S-. The van der Waals surface area contributed by atoms with Crippen molar-refractivity contribution in [3.63, 3.8) is 0 Å². The van der Waals surface area contributed by atoms with Gasteiger partial charge in [-0.1, -0.05) is 62.9 Å². The van der Waals surface area contributed by atoms with Gasteiger partial charge < -0.3 is 15.2 Å². The lowest BCUT2D eigenvalue weighted by atomic mass is 10.0. The largest absolute Gasteiger partial charge is 0.543 e. The maximum absolute atomic E-state index is 12.9. The summed E-state index contributed by atoms with van der Waals surface area (Å²) in [5.74, 6) is -2.72. The number of nitrogens with zero attached hydrogens (tertiary/aromatic N) is 1. The smallest absolute Gasteiger partial charge is 0.266 e. The molecule has 0 radical (unpaired) electrons. The molecule has 0 fully saturated rings. The highest BCUT2D eigenvalue weighted by Crippen LogP contribution is 2.17. The normalized spacial score (nSPS) is 11.1. The van der Waals surface area contributed by atoms with Crippen LogP contribution in [0.2, 0.25) is 0 Å². The predicted molar refractivity (Wildman–Crippen MR) is 149 cm³/mol. The van der Waals surface area contributed by atoms with E-state index >= 15 is 0 Å². The molecule has 0 aliphatic carbocycles. The van der Waals surface area contributed by atoms with Crippen molar-refractivity contribution in [2.75, 3.05) is 6.54 Å². The number of hydrogen-bond acceptors (Lipinski definition) is 7. The summed E-state index contributed by atoms with van der Waals surface area (Å²) < 4.78 is 27.8. The first kappa shape index (κ1) is 30.5. The number of nitrogens with one attached hydrogen (secondary N) is 2. The molecule has 0 aliphatic heterocycles. The number of carbonyl (C=O) groups excluding carboxylic acids is 3. The van der Waals surface area contributed by atoms with Crippen molar-refractivity contribution in [2.45, 2.75) is 63.2 Å². The standard InChI is InChI=1S/C30H35N3O6S/c1-2-3-4-5-9-14-24-20-27(30(36)37)32-21-26(24)29(35)33-40(38,39)25-17-15-23(16-18-25)28(34)31-19-10-13-22-11-7-6-8-12-22/h6-8,11-12,15-18,20-21H,2-5,9-10,13-14,19H2,1H3,(H,31,34)(H,33,35)(H,36,37)/p-1. The van der Waals surface area contributed by atoms with Gasteiger partial charge in [-0.05, 0) is 67.1 Å². The van der Waals surface area contributed by atoms with Crippen molar-refractivity contribution in [1.29, 1.82) is 0 Å². The summed E-state index contributed by atoms with van der Waals surface area (Å²) in [6.45, 7) is 2.56. The van der Waals surface area contributed by atoms with Gasteiger partial charge in [-0.15, -0.1) is 0 Å². The molecule has 0 unspecified atom stereocenters. The Kier molecular flexibility index (Phi) is 11.4. The van der Waals surface area contributed by atoms with Crippen LogP contribution in [0.25, 0.3) is 0 Å². The zero-order valence-corrected chi connectivity index (χ0v) is 23.3. The second-order valence-corrected chi connectivity index (χ2v) is 11.2. The Balaban J connectivity index is 1.62. The number of carboxylic acid groups (broad SMARTS) is 1. The van der Waals surface area contributed by atoms with Gasteiger partial charge in [0.25, 0.3) is 21.8 Å². The third kappa shape index (κ3) is 9.01. The fourth-order valence-corrected chi connectivity index (χ4v) is 5.17. The highest BCUT2D eigenvalue weighted by Gasteiger charge is 2.22. The van der Waals surface area contributed by atoms with Crippen molar-refractivity contribution in [3.8, 4) is 0 Å². The molecule has 40 heavy (non-hydrogen) atoms. The van der Waals surface area contributed by atoms with E-state index in [0.29, 0.717) is 24.9 Å². The van der Waals surface area contributed by atoms with Gasteiger partial charge in [-0.25, -0.2) is 13.1 Å². The number of aryl methyl sites for hydroxylation is 2. The lowest BCUT2D eigenvalue weighted by molar-refractivity contribution is -0.255. The first-order valence-corrected chi connectivity index (χ1v) is 14.9. The van der Waals surface area contributed by atoms with Gasteiger partial charge in [0.05, 0.1) is 22.1 Å². The zero-order valence-electron chi connectivity index (χ0n) is 22.5. The van der Waals surface area contributed by atoms with Crippen molar-refractivity contribution < 1.29 is 27.9 Å².